The van der Waals surface area contributed by atoms with Gasteiger partial charge in [0.1, 0.15) is 5.15 Å². The summed E-state index contributed by atoms with van der Waals surface area (Å²) in [6, 6.07) is 7.55. The van der Waals surface area contributed by atoms with Gasteiger partial charge >= 0.3 is 0 Å². The van der Waals surface area contributed by atoms with Crippen LogP contribution in [0.4, 0.5) is 0 Å². The summed E-state index contributed by atoms with van der Waals surface area (Å²) in [5, 5.41) is 0.490. The molecule has 1 aliphatic heterocycles. The smallest absolute Gasteiger partial charge is 0.231 e. The normalized spacial score (nSPS) is 16.7. The standard InChI is InChI=1S/C14H11ClN2O2/c15-13-6-10(8-1-2-8)16-14(17-13)9-3-4-11-12(5-9)19-7-18-11/h3-6,8H,1-2,7H2. The maximum Gasteiger partial charge on any atom is 0.231 e. The Morgan fingerprint density at radius 1 is 1.05 bits per heavy atom. The number of rotatable bonds is 2. The van der Waals surface area contributed by atoms with Gasteiger partial charge in [-0.1, -0.05) is 11.6 Å². The van der Waals surface area contributed by atoms with Crippen molar-refractivity contribution in [2.24, 2.45) is 0 Å². The second kappa shape index (κ2) is 4.10. The number of halogens is 1. The second-order valence-electron chi connectivity index (χ2n) is 4.78. The number of hydrogen-bond donors (Lipinski definition) is 0. The van der Waals surface area contributed by atoms with Crippen LogP contribution in [0.3, 0.4) is 0 Å². The molecule has 1 fully saturated rings. The fourth-order valence-corrected chi connectivity index (χ4v) is 2.38. The molecule has 0 bridgehead atoms. The fourth-order valence-electron chi connectivity index (χ4n) is 2.19. The number of ether oxygens (including phenoxy) is 2. The van der Waals surface area contributed by atoms with E-state index in [-0.39, 0.29) is 6.79 Å². The van der Waals surface area contributed by atoms with Crippen molar-refractivity contribution in [2.45, 2.75) is 18.8 Å². The van der Waals surface area contributed by atoms with Gasteiger partial charge in [0.15, 0.2) is 17.3 Å². The van der Waals surface area contributed by atoms with Crippen LogP contribution in [0.15, 0.2) is 24.3 Å². The zero-order chi connectivity index (χ0) is 12.8. The molecule has 19 heavy (non-hydrogen) atoms. The van der Waals surface area contributed by atoms with Crippen LogP contribution in [0, 0.1) is 0 Å². The van der Waals surface area contributed by atoms with Crippen molar-refractivity contribution in [1.29, 1.82) is 0 Å². The van der Waals surface area contributed by atoms with Crippen molar-refractivity contribution < 1.29 is 9.47 Å². The van der Waals surface area contributed by atoms with E-state index in [0.29, 0.717) is 16.9 Å². The highest BCUT2D eigenvalue weighted by atomic mass is 35.5. The van der Waals surface area contributed by atoms with Gasteiger partial charge < -0.3 is 9.47 Å². The summed E-state index contributed by atoms with van der Waals surface area (Å²) >= 11 is 6.08. The molecule has 1 aliphatic carbocycles. The number of nitrogens with zero attached hydrogens (tertiary/aromatic N) is 2. The molecule has 0 saturated heterocycles. The molecule has 0 radical (unpaired) electrons. The van der Waals surface area contributed by atoms with Crippen molar-refractivity contribution >= 4 is 11.6 Å². The first-order valence-electron chi connectivity index (χ1n) is 6.24. The summed E-state index contributed by atoms with van der Waals surface area (Å²) in [6.45, 7) is 0.266. The van der Waals surface area contributed by atoms with E-state index in [4.69, 9.17) is 21.1 Å². The number of hydrogen-bond acceptors (Lipinski definition) is 4. The Bertz CT molecular complexity index is 656. The predicted molar refractivity (Wildman–Crippen MR) is 70.6 cm³/mol. The Balaban J connectivity index is 1.79. The Morgan fingerprint density at radius 3 is 2.74 bits per heavy atom. The highest BCUT2D eigenvalue weighted by Gasteiger charge is 2.26. The fraction of sp³-hybridized carbons (Fsp3) is 0.286. The molecule has 4 nitrogen and oxygen atoms in total. The van der Waals surface area contributed by atoms with Crippen LogP contribution in [0.1, 0.15) is 24.5 Å². The largest absolute Gasteiger partial charge is 0.454 e. The highest BCUT2D eigenvalue weighted by Crippen LogP contribution is 2.41. The van der Waals surface area contributed by atoms with Crippen LogP contribution in [-0.4, -0.2) is 16.8 Å². The van der Waals surface area contributed by atoms with E-state index in [1.165, 1.54) is 12.8 Å². The minimum atomic E-state index is 0.266. The molecular formula is C14H11ClN2O2. The summed E-state index contributed by atoms with van der Waals surface area (Å²) in [5.74, 6) is 2.68. The minimum Gasteiger partial charge on any atom is -0.454 e. The zero-order valence-electron chi connectivity index (χ0n) is 10.1. The van der Waals surface area contributed by atoms with E-state index in [2.05, 4.69) is 9.97 Å². The van der Waals surface area contributed by atoms with Gasteiger partial charge in [-0.25, -0.2) is 9.97 Å². The lowest BCUT2D eigenvalue weighted by Gasteiger charge is -2.05. The summed E-state index contributed by atoms with van der Waals surface area (Å²) < 4.78 is 10.7. The third kappa shape index (κ3) is 2.02. The number of aromatic nitrogens is 2. The summed E-state index contributed by atoms with van der Waals surface area (Å²) in [6.07, 6.45) is 2.38. The lowest BCUT2D eigenvalue weighted by atomic mass is 10.2. The lowest BCUT2D eigenvalue weighted by molar-refractivity contribution is 0.174. The van der Waals surface area contributed by atoms with Crippen LogP contribution in [0.5, 0.6) is 11.5 Å². The maximum atomic E-state index is 6.08. The minimum absolute atomic E-state index is 0.266. The van der Waals surface area contributed by atoms with Gasteiger partial charge in [-0.05, 0) is 37.1 Å². The summed E-state index contributed by atoms with van der Waals surface area (Å²) in [5.41, 5.74) is 1.93. The summed E-state index contributed by atoms with van der Waals surface area (Å²) in [7, 11) is 0. The van der Waals surface area contributed by atoms with E-state index in [1.54, 1.807) is 0 Å². The monoisotopic (exact) mass is 274 g/mol. The molecule has 0 unspecified atom stereocenters. The molecule has 96 valence electrons. The Kier molecular flexibility index (Phi) is 2.38. The van der Waals surface area contributed by atoms with Gasteiger partial charge in [0.05, 0.1) is 0 Å². The molecule has 1 aromatic heterocycles. The van der Waals surface area contributed by atoms with Crippen LogP contribution in [0.25, 0.3) is 11.4 Å². The molecule has 2 heterocycles. The van der Waals surface area contributed by atoms with Crippen molar-refractivity contribution in [3.63, 3.8) is 0 Å². The SMILES string of the molecule is Clc1cc(C2CC2)nc(-c2ccc3c(c2)OCO3)n1. The van der Waals surface area contributed by atoms with Crippen molar-refractivity contribution in [3.05, 3.63) is 35.1 Å². The average molecular weight is 275 g/mol. The Morgan fingerprint density at radius 2 is 1.89 bits per heavy atom. The Labute approximate surface area is 115 Å². The molecule has 2 aliphatic rings. The van der Waals surface area contributed by atoms with Crippen LogP contribution < -0.4 is 9.47 Å². The molecule has 2 aromatic rings. The molecule has 0 atom stereocenters. The molecule has 1 saturated carbocycles. The van der Waals surface area contributed by atoms with Crippen LogP contribution in [0.2, 0.25) is 5.15 Å². The third-order valence-electron chi connectivity index (χ3n) is 3.34. The van der Waals surface area contributed by atoms with Gasteiger partial charge in [-0.2, -0.15) is 0 Å². The average Bonchev–Trinajstić information content (AvgIpc) is 3.16. The molecular weight excluding hydrogens is 264 g/mol. The number of benzene rings is 1. The van der Waals surface area contributed by atoms with Crippen molar-refractivity contribution in [2.75, 3.05) is 6.79 Å². The third-order valence-corrected chi connectivity index (χ3v) is 3.53. The topological polar surface area (TPSA) is 44.2 Å². The van der Waals surface area contributed by atoms with Crippen LogP contribution in [-0.2, 0) is 0 Å². The molecule has 0 amide bonds. The molecule has 0 spiro atoms. The molecule has 0 N–H and O–H groups in total. The van der Waals surface area contributed by atoms with E-state index in [1.807, 2.05) is 24.3 Å². The molecule has 5 heteroatoms. The first-order valence-corrected chi connectivity index (χ1v) is 6.62. The maximum absolute atomic E-state index is 6.08. The predicted octanol–water partition coefficient (Wildman–Crippen LogP) is 3.40. The molecule has 4 rings (SSSR count). The first-order chi connectivity index (χ1) is 9.29. The lowest BCUT2D eigenvalue weighted by Crippen LogP contribution is -1.95. The van der Waals surface area contributed by atoms with Crippen LogP contribution >= 0.6 is 11.6 Å². The van der Waals surface area contributed by atoms with Gasteiger partial charge in [-0.3, -0.25) is 0 Å². The van der Waals surface area contributed by atoms with Crippen molar-refractivity contribution in [3.8, 4) is 22.9 Å². The quantitative estimate of drug-likeness (QED) is 0.787. The highest BCUT2D eigenvalue weighted by molar-refractivity contribution is 6.29. The Hall–Kier alpha value is -1.81. The zero-order valence-corrected chi connectivity index (χ0v) is 10.9. The first kappa shape index (κ1) is 11.1. The number of fused-ring (bicyclic) bond motifs is 1. The summed E-state index contributed by atoms with van der Waals surface area (Å²) in [4.78, 5) is 8.90. The molecule has 1 aromatic carbocycles. The van der Waals surface area contributed by atoms with E-state index >= 15 is 0 Å². The van der Waals surface area contributed by atoms with E-state index in [9.17, 15) is 0 Å². The van der Waals surface area contributed by atoms with Gasteiger partial charge in [0, 0.05) is 17.2 Å². The van der Waals surface area contributed by atoms with Gasteiger partial charge in [-0.15, -0.1) is 0 Å². The van der Waals surface area contributed by atoms with Gasteiger partial charge in [0.2, 0.25) is 6.79 Å². The van der Waals surface area contributed by atoms with E-state index in [0.717, 1.165) is 22.8 Å². The second-order valence-corrected chi connectivity index (χ2v) is 5.17. The van der Waals surface area contributed by atoms with Crippen molar-refractivity contribution in [1.82, 2.24) is 9.97 Å². The van der Waals surface area contributed by atoms with Gasteiger partial charge in [0.25, 0.3) is 0 Å². The van der Waals surface area contributed by atoms with E-state index < -0.39 is 0 Å².